The van der Waals surface area contributed by atoms with Gasteiger partial charge in [0.15, 0.2) is 5.60 Å². The number of carbonyl (C=O) groups excluding carboxylic acids is 1. The molecule has 3 aromatic carbocycles. The number of benzene rings is 3. The highest BCUT2D eigenvalue weighted by Crippen LogP contribution is 2.20. The van der Waals surface area contributed by atoms with Crippen molar-refractivity contribution in [1.29, 1.82) is 0 Å². The molecule has 1 amide bonds. The molecule has 0 spiro atoms. The minimum Gasteiger partial charge on any atom is -0.379 e. The van der Waals surface area contributed by atoms with Crippen LogP contribution in [0.25, 0.3) is 0 Å². The minimum absolute atomic E-state index is 0.0269. The number of nitrogens with one attached hydrogen (secondary N) is 2. The van der Waals surface area contributed by atoms with Gasteiger partial charge in [-0.25, -0.2) is 5.43 Å². The molecular formula is C25H28N2O2. The lowest BCUT2D eigenvalue weighted by Gasteiger charge is -2.28. The number of carbonyl (C=O) groups is 1. The van der Waals surface area contributed by atoms with Gasteiger partial charge in [0.2, 0.25) is 0 Å². The van der Waals surface area contributed by atoms with Crippen LogP contribution in [0, 0.1) is 0 Å². The lowest BCUT2D eigenvalue weighted by atomic mass is 9.87. The molecule has 0 saturated carbocycles. The van der Waals surface area contributed by atoms with Gasteiger partial charge in [-0.1, -0.05) is 91.0 Å². The van der Waals surface area contributed by atoms with E-state index in [1.165, 1.54) is 5.56 Å². The van der Waals surface area contributed by atoms with E-state index in [0.717, 1.165) is 17.5 Å². The molecule has 0 aliphatic rings. The highest BCUT2D eigenvalue weighted by Gasteiger charge is 2.36. The summed E-state index contributed by atoms with van der Waals surface area (Å²) in [6, 6.07) is 29.3. The van der Waals surface area contributed by atoms with E-state index < -0.39 is 11.5 Å². The Bertz CT molecular complexity index is 841. The lowest BCUT2D eigenvalue weighted by Crippen LogP contribution is -2.56. The second kappa shape index (κ2) is 10.0. The largest absolute Gasteiger partial charge is 0.379 e. The smallest absolute Gasteiger partial charge is 0.266 e. The third-order valence-corrected chi connectivity index (χ3v) is 4.92. The Morgan fingerprint density at radius 2 is 1.21 bits per heavy atom. The van der Waals surface area contributed by atoms with Crippen molar-refractivity contribution in [3.8, 4) is 0 Å². The van der Waals surface area contributed by atoms with Gasteiger partial charge < -0.3 is 5.11 Å². The van der Waals surface area contributed by atoms with Crippen LogP contribution in [0.1, 0.15) is 23.6 Å². The molecule has 0 aliphatic carbocycles. The Hall–Kier alpha value is -2.95. The van der Waals surface area contributed by atoms with Gasteiger partial charge in [-0.2, -0.15) is 0 Å². The number of aliphatic hydroxyl groups is 1. The van der Waals surface area contributed by atoms with Crippen LogP contribution in [0.2, 0.25) is 0 Å². The number of rotatable bonds is 9. The van der Waals surface area contributed by atoms with Crippen LogP contribution in [0.3, 0.4) is 0 Å². The molecule has 29 heavy (non-hydrogen) atoms. The van der Waals surface area contributed by atoms with E-state index in [2.05, 4.69) is 23.0 Å². The van der Waals surface area contributed by atoms with E-state index in [9.17, 15) is 9.90 Å². The molecule has 4 nitrogen and oxygen atoms in total. The van der Waals surface area contributed by atoms with Crippen molar-refractivity contribution < 1.29 is 9.90 Å². The van der Waals surface area contributed by atoms with Crippen molar-refractivity contribution in [1.82, 2.24) is 10.9 Å². The summed E-state index contributed by atoms with van der Waals surface area (Å²) in [4.78, 5) is 13.0. The zero-order valence-corrected chi connectivity index (χ0v) is 16.7. The van der Waals surface area contributed by atoms with Crippen LogP contribution in [0.5, 0.6) is 0 Å². The standard InChI is InChI=1S/C25H28N2O2/c1-20(17-21-11-5-2-6-12-21)26-27-24(28)25(29,18-22-13-7-3-8-14-22)19-23-15-9-4-10-16-23/h2-16,20,26,29H,17-19H2,1H3,(H,27,28)/t20-/m1/s1. The molecule has 0 heterocycles. The fraction of sp³-hybridized carbons (Fsp3) is 0.240. The predicted octanol–water partition coefficient (Wildman–Crippen LogP) is 3.45. The maximum Gasteiger partial charge on any atom is 0.266 e. The monoisotopic (exact) mass is 388 g/mol. The Morgan fingerprint density at radius 3 is 1.66 bits per heavy atom. The molecule has 3 N–H and O–H groups in total. The van der Waals surface area contributed by atoms with Crippen LogP contribution < -0.4 is 10.9 Å². The van der Waals surface area contributed by atoms with Crippen molar-refractivity contribution in [2.45, 2.75) is 37.8 Å². The normalized spacial score (nSPS) is 12.3. The van der Waals surface area contributed by atoms with Crippen LogP contribution in [-0.2, 0) is 24.1 Å². The Morgan fingerprint density at radius 1 is 0.793 bits per heavy atom. The third kappa shape index (κ3) is 6.28. The second-order valence-corrected chi connectivity index (χ2v) is 7.55. The zero-order chi connectivity index (χ0) is 20.5. The van der Waals surface area contributed by atoms with E-state index >= 15 is 0 Å². The maximum absolute atomic E-state index is 13.0. The first-order valence-electron chi connectivity index (χ1n) is 9.95. The lowest BCUT2D eigenvalue weighted by molar-refractivity contribution is -0.141. The maximum atomic E-state index is 13.0. The molecule has 0 fully saturated rings. The highest BCUT2D eigenvalue weighted by atomic mass is 16.3. The van der Waals surface area contributed by atoms with Crippen molar-refractivity contribution in [2.75, 3.05) is 0 Å². The van der Waals surface area contributed by atoms with E-state index in [1.54, 1.807) is 0 Å². The van der Waals surface area contributed by atoms with Gasteiger partial charge in [0, 0.05) is 18.9 Å². The van der Waals surface area contributed by atoms with Gasteiger partial charge in [-0.3, -0.25) is 10.2 Å². The van der Waals surface area contributed by atoms with E-state index in [1.807, 2.05) is 85.8 Å². The summed E-state index contributed by atoms with van der Waals surface area (Å²) in [6.45, 7) is 2.00. The molecule has 0 saturated heterocycles. The molecular weight excluding hydrogens is 360 g/mol. The van der Waals surface area contributed by atoms with Crippen molar-refractivity contribution in [3.05, 3.63) is 108 Å². The fourth-order valence-electron chi connectivity index (χ4n) is 3.41. The Labute approximate surface area is 172 Å². The zero-order valence-electron chi connectivity index (χ0n) is 16.7. The first kappa shape index (κ1) is 20.8. The van der Waals surface area contributed by atoms with E-state index in [-0.39, 0.29) is 18.9 Å². The van der Waals surface area contributed by atoms with Gasteiger partial charge >= 0.3 is 0 Å². The van der Waals surface area contributed by atoms with Gasteiger partial charge in [-0.05, 0) is 30.0 Å². The van der Waals surface area contributed by atoms with Gasteiger partial charge in [0.25, 0.3) is 5.91 Å². The van der Waals surface area contributed by atoms with Crippen molar-refractivity contribution >= 4 is 5.91 Å². The number of amides is 1. The summed E-state index contributed by atoms with van der Waals surface area (Å²) in [5, 5.41) is 11.3. The first-order chi connectivity index (χ1) is 14.0. The number of hydrogen-bond donors (Lipinski definition) is 3. The molecule has 1 atom stereocenters. The fourth-order valence-corrected chi connectivity index (χ4v) is 3.41. The predicted molar refractivity (Wildman–Crippen MR) is 116 cm³/mol. The number of hydrazine groups is 1. The number of hydrogen-bond acceptors (Lipinski definition) is 3. The molecule has 4 heteroatoms. The van der Waals surface area contributed by atoms with Gasteiger partial charge in [0.05, 0.1) is 0 Å². The highest BCUT2D eigenvalue weighted by molar-refractivity contribution is 5.85. The van der Waals surface area contributed by atoms with Gasteiger partial charge in [-0.15, -0.1) is 0 Å². The molecule has 0 aromatic heterocycles. The van der Waals surface area contributed by atoms with Crippen molar-refractivity contribution in [2.24, 2.45) is 0 Å². The van der Waals surface area contributed by atoms with Gasteiger partial charge in [0.1, 0.15) is 0 Å². The molecule has 150 valence electrons. The van der Waals surface area contributed by atoms with E-state index in [4.69, 9.17) is 0 Å². The molecule has 3 aromatic rings. The summed E-state index contributed by atoms with van der Waals surface area (Å²) >= 11 is 0. The summed E-state index contributed by atoms with van der Waals surface area (Å²) in [7, 11) is 0. The quantitative estimate of drug-likeness (QED) is 0.492. The third-order valence-electron chi connectivity index (χ3n) is 4.92. The summed E-state index contributed by atoms with van der Waals surface area (Å²) in [5.74, 6) is -0.426. The Kier molecular flexibility index (Phi) is 7.17. The van der Waals surface area contributed by atoms with Crippen LogP contribution >= 0.6 is 0 Å². The minimum atomic E-state index is -1.55. The van der Waals surface area contributed by atoms with Crippen LogP contribution in [0.4, 0.5) is 0 Å². The molecule has 0 unspecified atom stereocenters. The van der Waals surface area contributed by atoms with Crippen LogP contribution in [0.15, 0.2) is 91.0 Å². The average Bonchev–Trinajstić information content (AvgIpc) is 2.74. The molecule has 0 radical (unpaired) electrons. The topological polar surface area (TPSA) is 61.4 Å². The molecule has 0 aliphatic heterocycles. The summed E-state index contributed by atoms with van der Waals surface area (Å²) in [5.41, 5.74) is 7.26. The van der Waals surface area contributed by atoms with E-state index in [0.29, 0.717) is 0 Å². The Balaban J connectivity index is 1.68. The second-order valence-electron chi connectivity index (χ2n) is 7.55. The average molecular weight is 389 g/mol. The van der Waals surface area contributed by atoms with Crippen molar-refractivity contribution in [3.63, 3.8) is 0 Å². The first-order valence-corrected chi connectivity index (χ1v) is 9.95. The molecule has 3 rings (SSSR count). The summed E-state index contributed by atoms with van der Waals surface area (Å²) in [6.07, 6.45) is 1.25. The SMILES string of the molecule is C[C@H](Cc1ccccc1)NNC(=O)C(O)(Cc1ccccc1)Cc1ccccc1. The van der Waals surface area contributed by atoms with Crippen LogP contribution in [-0.4, -0.2) is 22.7 Å². The molecule has 0 bridgehead atoms. The summed E-state index contributed by atoms with van der Waals surface area (Å²) < 4.78 is 0.